The number of aryl methyl sites for hydroxylation is 2. The standard InChI is InChI=1S/C17H20BrNO/c1-12-7-8-13(2)17(14(12)3)20-10-9-19-16-6-4-5-15(18)11-16/h4-8,11,19H,9-10H2,1-3H3. The minimum atomic E-state index is 0.650. The maximum absolute atomic E-state index is 5.93. The minimum absolute atomic E-state index is 0.650. The quantitative estimate of drug-likeness (QED) is 0.788. The van der Waals surface area contributed by atoms with Crippen molar-refractivity contribution in [1.29, 1.82) is 0 Å². The summed E-state index contributed by atoms with van der Waals surface area (Å²) in [7, 11) is 0. The topological polar surface area (TPSA) is 21.3 Å². The van der Waals surface area contributed by atoms with Crippen molar-refractivity contribution in [3.05, 3.63) is 57.6 Å². The number of ether oxygens (including phenoxy) is 1. The lowest BCUT2D eigenvalue weighted by molar-refractivity contribution is 0.328. The second kappa shape index (κ2) is 6.80. The van der Waals surface area contributed by atoms with Gasteiger partial charge in [0.1, 0.15) is 12.4 Å². The third kappa shape index (κ3) is 3.76. The molecule has 0 aliphatic heterocycles. The van der Waals surface area contributed by atoms with E-state index in [1.807, 2.05) is 18.2 Å². The highest BCUT2D eigenvalue weighted by atomic mass is 79.9. The van der Waals surface area contributed by atoms with E-state index in [9.17, 15) is 0 Å². The fraction of sp³-hybridized carbons (Fsp3) is 0.294. The van der Waals surface area contributed by atoms with E-state index < -0.39 is 0 Å². The molecule has 2 aromatic rings. The molecule has 0 atom stereocenters. The van der Waals surface area contributed by atoms with Crippen LogP contribution in [-0.2, 0) is 0 Å². The van der Waals surface area contributed by atoms with Gasteiger partial charge in [-0.15, -0.1) is 0 Å². The lowest BCUT2D eigenvalue weighted by Crippen LogP contribution is -2.12. The molecule has 106 valence electrons. The van der Waals surface area contributed by atoms with Crippen LogP contribution in [0.4, 0.5) is 5.69 Å². The molecule has 1 N–H and O–H groups in total. The summed E-state index contributed by atoms with van der Waals surface area (Å²) in [6.07, 6.45) is 0. The van der Waals surface area contributed by atoms with Crippen LogP contribution in [0.3, 0.4) is 0 Å². The Morgan fingerprint density at radius 1 is 1.05 bits per heavy atom. The highest BCUT2D eigenvalue weighted by Gasteiger charge is 2.05. The molecule has 0 saturated heterocycles. The molecule has 0 spiro atoms. The normalized spacial score (nSPS) is 10.4. The maximum atomic E-state index is 5.93. The van der Waals surface area contributed by atoms with Gasteiger partial charge in [-0.2, -0.15) is 0 Å². The van der Waals surface area contributed by atoms with Gasteiger partial charge in [0.15, 0.2) is 0 Å². The largest absolute Gasteiger partial charge is 0.491 e. The van der Waals surface area contributed by atoms with Crippen molar-refractivity contribution in [2.45, 2.75) is 20.8 Å². The zero-order valence-corrected chi connectivity index (χ0v) is 13.8. The molecular formula is C17H20BrNO. The predicted octanol–water partition coefficient (Wildman–Crippen LogP) is 4.87. The summed E-state index contributed by atoms with van der Waals surface area (Å²) in [6, 6.07) is 12.4. The Balaban J connectivity index is 1.89. The van der Waals surface area contributed by atoms with Gasteiger partial charge in [0, 0.05) is 16.7 Å². The zero-order valence-electron chi connectivity index (χ0n) is 12.2. The van der Waals surface area contributed by atoms with Crippen LogP contribution in [0.15, 0.2) is 40.9 Å². The van der Waals surface area contributed by atoms with Crippen molar-refractivity contribution in [1.82, 2.24) is 0 Å². The molecule has 0 heterocycles. The summed E-state index contributed by atoms with van der Waals surface area (Å²) in [4.78, 5) is 0. The van der Waals surface area contributed by atoms with Crippen LogP contribution in [0.5, 0.6) is 5.75 Å². The molecule has 0 aliphatic rings. The van der Waals surface area contributed by atoms with E-state index in [0.29, 0.717) is 6.61 Å². The van der Waals surface area contributed by atoms with Crippen molar-refractivity contribution in [2.75, 3.05) is 18.5 Å². The summed E-state index contributed by atoms with van der Waals surface area (Å²) in [5.74, 6) is 1.01. The van der Waals surface area contributed by atoms with Gasteiger partial charge in [0.05, 0.1) is 0 Å². The Morgan fingerprint density at radius 3 is 2.55 bits per heavy atom. The first-order valence-corrected chi connectivity index (χ1v) is 7.56. The number of nitrogens with one attached hydrogen (secondary N) is 1. The van der Waals surface area contributed by atoms with E-state index in [2.05, 4.69) is 60.2 Å². The number of hydrogen-bond donors (Lipinski definition) is 1. The van der Waals surface area contributed by atoms with E-state index in [1.54, 1.807) is 0 Å². The molecule has 2 nitrogen and oxygen atoms in total. The third-order valence-corrected chi connectivity index (χ3v) is 3.87. The summed E-state index contributed by atoms with van der Waals surface area (Å²) in [5.41, 5.74) is 4.79. The first kappa shape index (κ1) is 14.9. The highest BCUT2D eigenvalue weighted by Crippen LogP contribution is 2.25. The van der Waals surface area contributed by atoms with Crippen molar-refractivity contribution in [3.8, 4) is 5.75 Å². The van der Waals surface area contributed by atoms with Crippen molar-refractivity contribution < 1.29 is 4.74 Å². The van der Waals surface area contributed by atoms with Crippen LogP contribution in [0.2, 0.25) is 0 Å². The molecule has 0 amide bonds. The maximum Gasteiger partial charge on any atom is 0.125 e. The van der Waals surface area contributed by atoms with Gasteiger partial charge in [-0.3, -0.25) is 0 Å². The second-order valence-electron chi connectivity index (χ2n) is 4.94. The molecule has 2 rings (SSSR count). The SMILES string of the molecule is Cc1ccc(C)c(OCCNc2cccc(Br)c2)c1C. The molecule has 0 unspecified atom stereocenters. The van der Waals surface area contributed by atoms with Crippen molar-refractivity contribution in [2.24, 2.45) is 0 Å². The summed E-state index contributed by atoms with van der Waals surface area (Å²) in [5, 5.41) is 3.35. The van der Waals surface area contributed by atoms with Crippen LogP contribution >= 0.6 is 15.9 Å². The van der Waals surface area contributed by atoms with E-state index in [1.165, 1.54) is 16.7 Å². The smallest absolute Gasteiger partial charge is 0.125 e. The fourth-order valence-corrected chi connectivity index (χ4v) is 2.49. The number of anilines is 1. The number of hydrogen-bond acceptors (Lipinski definition) is 2. The van der Waals surface area contributed by atoms with Crippen LogP contribution in [0.25, 0.3) is 0 Å². The first-order chi connectivity index (χ1) is 9.58. The molecule has 20 heavy (non-hydrogen) atoms. The molecular weight excluding hydrogens is 314 g/mol. The van der Waals surface area contributed by atoms with E-state index in [0.717, 1.165) is 22.5 Å². The van der Waals surface area contributed by atoms with E-state index >= 15 is 0 Å². The molecule has 0 aromatic heterocycles. The number of halogens is 1. The van der Waals surface area contributed by atoms with Gasteiger partial charge in [-0.25, -0.2) is 0 Å². The van der Waals surface area contributed by atoms with Gasteiger partial charge in [0.2, 0.25) is 0 Å². The highest BCUT2D eigenvalue weighted by molar-refractivity contribution is 9.10. The Bertz CT molecular complexity index is 596. The molecule has 2 aromatic carbocycles. The van der Waals surface area contributed by atoms with Gasteiger partial charge in [0.25, 0.3) is 0 Å². The summed E-state index contributed by atoms with van der Waals surface area (Å²) >= 11 is 3.46. The average Bonchev–Trinajstić information content (AvgIpc) is 2.42. The Hall–Kier alpha value is -1.48. The van der Waals surface area contributed by atoms with Crippen LogP contribution in [0, 0.1) is 20.8 Å². The van der Waals surface area contributed by atoms with Crippen LogP contribution < -0.4 is 10.1 Å². The van der Waals surface area contributed by atoms with Crippen LogP contribution in [-0.4, -0.2) is 13.2 Å². The predicted molar refractivity (Wildman–Crippen MR) is 88.8 cm³/mol. The lowest BCUT2D eigenvalue weighted by Gasteiger charge is -2.14. The van der Waals surface area contributed by atoms with Gasteiger partial charge < -0.3 is 10.1 Å². The van der Waals surface area contributed by atoms with E-state index in [-0.39, 0.29) is 0 Å². The Labute approximate surface area is 129 Å². The monoisotopic (exact) mass is 333 g/mol. The second-order valence-corrected chi connectivity index (χ2v) is 5.85. The number of rotatable bonds is 5. The van der Waals surface area contributed by atoms with Crippen LogP contribution in [0.1, 0.15) is 16.7 Å². The molecule has 3 heteroatoms. The first-order valence-electron chi connectivity index (χ1n) is 6.77. The fourth-order valence-electron chi connectivity index (χ4n) is 2.09. The average molecular weight is 334 g/mol. The summed E-state index contributed by atoms with van der Waals surface area (Å²) < 4.78 is 7.00. The number of benzene rings is 2. The molecule has 0 saturated carbocycles. The minimum Gasteiger partial charge on any atom is -0.491 e. The molecule has 0 fully saturated rings. The van der Waals surface area contributed by atoms with Crippen molar-refractivity contribution >= 4 is 21.6 Å². The van der Waals surface area contributed by atoms with E-state index in [4.69, 9.17) is 4.74 Å². The summed E-state index contributed by atoms with van der Waals surface area (Å²) in [6.45, 7) is 7.74. The Morgan fingerprint density at radius 2 is 1.80 bits per heavy atom. The zero-order chi connectivity index (χ0) is 14.5. The molecule has 0 aliphatic carbocycles. The van der Waals surface area contributed by atoms with Gasteiger partial charge in [-0.05, 0) is 55.7 Å². The van der Waals surface area contributed by atoms with Gasteiger partial charge in [-0.1, -0.05) is 34.1 Å². The van der Waals surface area contributed by atoms with Crippen molar-refractivity contribution in [3.63, 3.8) is 0 Å². The van der Waals surface area contributed by atoms with Gasteiger partial charge >= 0.3 is 0 Å². The lowest BCUT2D eigenvalue weighted by atomic mass is 10.1. The Kier molecular flexibility index (Phi) is 5.07. The molecule has 0 radical (unpaired) electrons. The molecule has 0 bridgehead atoms. The third-order valence-electron chi connectivity index (χ3n) is 3.38.